The van der Waals surface area contributed by atoms with Crippen LogP contribution in [0.3, 0.4) is 0 Å². The summed E-state index contributed by atoms with van der Waals surface area (Å²) < 4.78 is 36.6. The maximum absolute atomic E-state index is 13.1. The Bertz CT molecular complexity index is 2070. The van der Waals surface area contributed by atoms with Gasteiger partial charge in [-0.2, -0.15) is 4.98 Å². The van der Waals surface area contributed by atoms with Crippen LogP contribution in [0.25, 0.3) is 11.0 Å². The lowest BCUT2D eigenvalue weighted by Crippen LogP contribution is -2.27. The van der Waals surface area contributed by atoms with E-state index in [1.165, 1.54) is 4.90 Å². The molecule has 0 fully saturated rings. The van der Waals surface area contributed by atoms with Gasteiger partial charge in [-0.25, -0.2) is 8.42 Å². The molecule has 0 saturated carbocycles. The monoisotopic (exact) mass is 723 g/mol. The van der Waals surface area contributed by atoms with Gasteiger partial charge >= 0.3 is 0 Å². The summed E-state index contributed by atoms with van der Waals surface area (Å²) in [5, 5.41) is 0.626. The lowest BCUT2D eigenvalue weighted by Gasteiger charge is -2.21. The van der Waals surface area contributed by atoms with Crippen molar-refractivity contribution in [3.63, 3.8) is 0 Å². The van der Waals surface area contributed by atoms with Gasteiger partial charge in [0.1, 0.15) is 23.7 Å². The van der Waals surface area contributed by atoms with Crippen LogP contribution in [0.15, 0.2) is 73.1 Å². The summed E-state index contributed by atoms with van der Waals surface area (Å²) in [6.07, 6.45) is 5.18. The molecule has 14 heteroatoms. The minimum atomic E-state index is -3.18. The Morgan fingerprint density at radius 1 is 0.939 bits per heavy atom. The molecule has 0 bridgehead atoms. The highest BCUT2D eigenvalue weighted by atomic mass is 35.5. The molecule has 2 aromatic carbocycles. The number of anilines is 1. The number of benzene rings is 2. The molecule has 5 aromatic rings. The zero-order valence-electron chi connectivity index (χ0n) is 27.2. The van der Waals surface area contributed by atoms with Gasteiger partial charge in [-0.15, -0.1) is 0 Å². The van der Waals surface area contributed by atoms with Crippen LogP contribution in [0.5, 0.6) is 11.8 Å². The standard InChI is InChI=1S/C35H35Cl2N5O6S/c1-41(32(44)17-14-26(43)13-11-23-10-12-25(39-19-23)22-49(3,45)46)29-16-15-28(36)27(33(29)37)21-48-31-9-6-8-30-34(31)40-35(47-2)42(30)20-24-7-4-5-18-38-24/h4-10,12,15-16,18-19H,11,13-14,17,20-22H2,1-3H3. The topological polar surface area (TPSA) is 134 Å². The predicted molar refractivity (Wildman–Crippen MR) is 189 cm³/mol. The number of para-hydroxylation sites is 1. The van der Waals surface area contributed by atoms with E-state index < -0.39 is 9.84 Å². The second kappa shape index (κ2) is 15.8. The third-order valence-electron chi connectivity index (χ3n) is 7.82. The summed E-state index contributed by atoms with van der Waals surface area (Å²) in [7, 11) is -0.0303. The second-order valence-corrected chi connectivity index (χ2v) is 14.4. The van der Waals surface area contributed by atoms with Crippen LogP contribution >= 0.6 is 23.2 Å². The fourth-order valence-corrected chi connectivity index (χ4v) is 6.53. The van der Waals surface area contributed by atoms with Crippen LogP contribution in [0.2, 0.25) is 10.0 Å². The van der Waals surface area contributed by atoms with E-state index >= 15 is 0 Å². The number of halogens is 2. The Morgan fingerprint density at radius 3 is 2.45 bits per heavy atom. The highest BCUT2D eigenvalue weighted by Gasteiger charge is 2.21. The smallest absolute Gasteiger partial charge is 0.297 e. The number of carbonyl (C=O) groups excluding carboxylic acids is 2. The van der Waals surface area contributed by atoms with Crippen molar-refractivity contribution < 1.29 is 27.5 Å². The molecule has 0 aliphatic carbocycles. The number of aryl methyl sites for hydroxylation is 1. The van der Waals surface area contributed by atoms with Crippen molar-refractivity contribution in [3.05, 3.63) is 106 Å². The number of hydrogen-bond donors (Lipinski definition) is 0. The van der Waals surface area contributed by atoms with Crippen LogP contribution in [-0.2, 0) is 44.8 Å². The van der Waals surface area contributed by atoms with Gasteiger partial charge in [-0.3, -0.25) is 24.1 Å². The first kappa shape index (κ1) is 35.8. The van der Waals surface area contributed by atoms with Gasteiger partial charge in [0, 0.05) is 55.5 Å². The quantitative estimate of drug-likeness (QED) is 0.123. The van der Waals surface area contributed by atoms with Crippen molar-refractivity contribution in [2.24, 2.45) is 0 Å². The molecule has 5 rings (SSSR count). The van der Waals surface area contributed by atoms with E-state index in [-0.39, 0.29) is 48.3 Å². The zero-order chi connectivity index (χ0) is 35.1. The SMILES string of the molecule is COc1nc2c(OCc3c(Cl)ccc(N(C)C(=O)CCC(=O)CCc4ccc(CS(C)(=O)=O)nc4)c3Cl)cccc2n1Cc1ccccn1. The van der Waals surface area contributed by atoms with Crippen molar-refractivity contribution in [2.75, 3.05) is 25.3 Å². The molecular weight excluding hydrogens is 689 g/mol. The molecule has 0 spiro atoms. The number of methoxy groups -OCH3 is 1. The van der Waals surface area contributed by atoms with Gasteiger partial charge < -0.3 is 14.4 Å². The van der Waals surface area contributed by atoms with Crippen LogP contribution in [0.4, 0.5) is 5.69 Å². The molecule has 1 amide bonds. The summed E-state index contributed by atoms with van der Waals surface area (Å²) in [5.41, 5.74) is 4.42. The largest absolute Gasteiger partial charge is 0.486 e. The Hall–Kier alpha value is -4.52. The number of sulfone groups is 1. The Morgan fingerprint density at radius 2 is 1.76 bits per heavy atom. The zero-order valence-corrected chi connectivity index (χ0v) is 29.6. The molecule has 0 saturated heterocycles. The van der Waals surface area contributed by atoms with E-state index in [0.29, 0.717) is 52.2 Å². The molecule has 0 unspecified atom stereocenters. The summed E-state index contributed by atoms with van der Waals surface area (Å²) >= 11 is 13.3. The first-order valence-corrected chi connectivity index (χ1v) is 18.2. The molecule has 256 valence electrons. The number of aromatic nitrogens is 4. The van der Waals surface area contributed by atoms with Crippen LogP contribution in [0, 0.1) is 0 Å². The van der Waals surface area contributed by atoms with Crippen molar-refractivity contribution >= 4 is 61.5 Å². The predicted octanol–water partition coefficient (Wildman–Crippen LogP) is 6.26. The molecule has 49 heavy (non-hydrogen) atoms. The van der Waals surface area contributed by atoms with Crippen molar-refractivity contribution in [1.82, 2.24) is 19.5 Å². The number of nitrogens with zero attached hydrogens (tertiary/aromatic N) is 5. The van der Waals surface area contributed by atoms with Gasteiger partial charge in [0.15, 0.2) is 9.84 Å². The highest BCUT2D eigenvalue weighted by molar-refractivity contribution is 7.89. The number of ether oxygens (including phenoxy) is 2. The summed E-state index contributed by atoms with van der Waals surface area (Å²) in [5.74, 6) is -0.00466. The van der Waals surface area contributed by atoms with Crippen molar-refractivity contribution in [2.45, 2.75) is 44.6 Å². The van der Waals surface area contributed by atoms with E-state index in [9.17, 15) is 18.0 Å². The number of rotatable bonds is 15. The number of Topliss-reactive ketones (excluding diaryl/α,β-unsaturated/α-hetero) is 1. The number of carbonyl (C=O) groups is 2. The number of hydrogen-bond acceptors (Lipinski definition) is 9. The molecule has 3 aromatic heterocycles. The molecule has 0 atom stereocenters. The maximum atomic E-state index is 13.1. The highest BCUT2D eigenvalue weighted by Crippen LogP contribution is 2.36. The molecule has 11 nitrogen and oxygen atoms in total. The summed E-state index contributed by atoms with van der Waals surface area (Å²) in [6.45, 7) is 0.459. The lowest BCUT2D eigenvalue weighted by atomic mass is 10.1. The van der Waals surface area contributed by atoms with Crippen molar-refractivity contribution in [3.8, 4) is 11.8 Å². The first-order valence-electron chi connectivity index (χ1n) is 15.4. The third kappa shape index (κ3) is 9.14. The lowest BCUT2D eigenvalue weighted by molar-refractivity contribution is -0.123. The first-order chi connectivity index (χ1) is 23.4. The molecular formula is C35H35Cl2N5O6S. The minimum Gasteiger partial charge on any atom is -0.486 e. The van der Waals surface area contributed by atoms with E-state index in [4.69, 9.17) is 32.7 Å². The van der Waals surface area contributed by atoms with Crippen molar-refractivity contribution in [1.29, 1.82) is 0 Å². The van der Waals surface area contributed by atoms with Crippen LogP contribution in [0.1, 0.15) is 41.8 Å². The Balaban J connectivity index is 1.21. The van der Waals surface area contributed by atoms with Gasteiger partial charge in [-0.1, -0.05) is 41.4 Å². The fourth-order valence-electron chi connectivity index (χ4n) is 5.22. The molecule has 0 aliphatic rings. The number of pyridine rings is 2. The average molecular weight is 725 g/mol. The third-order valence-corrected chi connectivity index (χ3v) is 9.41. The van der Waals surface area contributed by atoms with E-state index in [2.05, 4.69) is 15.0 Å². The second-order valence-electron chi connectivity index (χ2n) is 11.5. The molecule has 0 radical (unpaired) electrons. The van der Waals surface area contributed by atoms with E-state index in [1.807, 2.05) is 34.9 Å². The van der Waals surface area contributed by atoms with E-state index in [0.717, 1.165) is 23.0 Å². The van der Waals surface area contributed by atoms with Gasteiger partial charge in [0.2, 0.25) is 5.91 Å². The number of ketones is 1. The van der Waals surface area contributed by atoms with E-state index in [1.54, 1.807) is 56.9 Å². The Labute approximate surface area is 294 Å². The van der Waals surface area contributed by atoms with Crippen LogP contribution in [-0.4, -0.2) is 60.0 Å². The normalized spacial score (nSPS) is 11.4. The van der Waals surface area contributed by atoms with Crippen LogP contribution < -0.4 is 14.4 Å². The maximum Gasteiger partial charge on any atom is 0.297 e. The van der Waals surface area contributed by atoms with Gasteiger partial charge in [0.05, 0.1) is 47.0 Å². The molecule has 0 N–H and O–H groups in total. The Kier molecular flexibility index (Phi) is 11.5. The molecule has 0 aliphatic heterocycles. The van der Waals surface area contributed by atoms with Gasteiger partial charge in [-0.05, 0) is 54.4 Å². The number of fused-ring (bicyclic) bond motifs is 1. The fraction of sp³-hybridized carbons (Fsp3) is 0.286. The molecule has 3 heterocycles. The number of imidazole rings is 1. The van der Waals surface area contributed by atoms with Gasteiger partial charge in [0.25, 0.3) is 6.01 Å². The number of amides is 1. The summed E-state index contributed by atoms with van der Waals surface area (Å²) in [4.78, 5) is 40.3. The summed E-state index contributed by atoms with van der Waals surface area (Å²) in [6, 6.07) is 18.4. The minimum absolute atomic E-state index is 0.00331. The average Bonchev–Trinajstić information content (AvgIpc) is 3.44.